The third-order valence-electron chi connectivity index (χ3n) is 4.90. The van der Waals surface area contributed by atoms with E-state index in [9.17, 15) is 9.59 Å². The number of nitrogens with zero attached hydrogens (tertiary/aromatic N) is 2. The molecule has 27 heavy (non-hydrogen) atoms. The lowest BCUT2D eigenvalue weighted by atomic mass is 10.0. The Bertz CT molecular complexity index is 936. The number of fused-ring (bicyclic) bond motifs is 1. The highest BCUT2D eigenvalue weighted by atomic mass is 32.2. The molecule has 2 aliphatic heterocycles. The van der Waals surface area contributed by atoms with Crippen molar-refractivity contribution in [1.82, 2.24) is 4.90 Å². The summed E-state index contributed by atoms with van der Waals surface area (Å²) in [4.78, 5) is 29.4. The van der Waals surface area contributed by atoms with Crippen LogP contribution >= 0.6 is 11.8 Å². The van der Waals surface area contributed by atoms with Crippen molar-refractivity contribution < 1.29 is 9.59 Å². The zero-order chi connectivity index (χ0) is 19.0. The van der Waals surface area contributed by atoms with Crippen LogP contribution < -0.4 is 4.90 Å². The van der Waals surface area contributed by atoms with Crippen LogP contribution in [-0.2, 0) is 11.3 Å². The molecule has 0 bridgehead atoms. The summed E-state index contributed by atoms with van der Waals surface area (Å²) in [6.07, 6.45) is 3.75. The second-order valence-corrected chi connectivity index (χ2v) is 7.80. The molecule has 3 amide bonds. The fraction of sp³-hybridized carbons (Fsp3) is 0.182. The fourth-order valence-corrected chi connectivity index (χ4v) is 4.52. The third kappa shape index (κ3) is 3.19. The van der Waals surface area contributed by atoms with E-state index in [1.165, 1.54) is 16.7 Å². The molecule has 0 aromatic heterocycles. The molecule has 1 saturated heterocycles. The van der Waals surface area contributed by atoms with Crippen LogP contribution in [0.25, 0.3) is 6.08 Å². The van der Waals surface area contributed by atoms with Gasteiger partial charge in [0, 0.05) is 6.54 Å². The standard InChI is InChI=1S/C22H20N2O2S/c1-3-16-7-9-17(10-8-16)14-23-19-11-12-27-20(19)21(25)24(22(23)26)18-6-4-5-15(2)13-18/h3-13,19-20H,1,14H2,2H3. The van der Waals surface area contributed by atoms with Crippen molar-refractivity contribution in [2.45, 2.75) is 24.8 Å². The van der Waals surface area contributed by atoms with Gasteiger partial charge in [-0.1, -0.05) is 55.1 Å². The smallest absolute Gasteiger partial charge is 0.312 e. The number of aryl methyl sites for hydroxylation is 1. The lowest BCUT2D eigenvalue weighted by Crippen LogP contribution is -2.61. The normalized spacial score (nSPS) is 21.5. The first-order valence-corrected chi connectivity index (χ1v) is 9.77. The summed E-state index contributed by atoms with van der Waals surface area (Å²) < 4.78 is 0. The van der Waals surface area contributed by atoms with Crippen LogP contribution in [-0.4, -0.2) is 28.1 Å². The molecule has 4 rings (SSSR count). The number of hydrogen-bond acceptors (Lipinski definition) is 3. The Kier molecular flexibility index (Phi) is 4.62. The van der Waals surface area contributed by atoms with Gasteiger partial charge in [0.15, 0.2) is 0 Å². The van der Waals surface area contributed by atoms with Crippen LogP contribution in [0.3, 0.4) is 0 Å². The number of urea groups is 1. The summed E-state index contributed by atoms with van der Waals surface area (Å²) in [5.74, 6) is -0.149. The molecular weight excluding hydrogens is 356 g/mol. The number of imide groups is 1. The van der Waals surface area contributed by atoms with Crippen molar-refractivity contribution in [3.8, 4) is 0 Å². The van der Waals surface area contributed by atoms with Gasteiger partial charge in [0.25, 0.3) is 5.91 Å². The molecule has 2 aromatic rings. The first-order valence-electron chi connectivity index (χ1n) is 8.83. The number of hydrogen-bond donors (Lipinski definition) is 0. The minimum Gasteiger partial charge on any atom is -0.312 e. The summed E-state index contributed by atoms with van der Waals surface area (Å²) in [5.41, 5.74) is 3.70. The molecule has 2 aromatic carbocycles. The zero-order valence-electron chi connectivity index (χ0n) is 15.0. The molecule has 2 heterocycles. The van der Waals surface area contributed by atoms with E-state index in [0.29, 0.717) is 12.2 Å². The molecule has 5 heteroatoms. The van der Waals surface area contributed by atoms with E-state index in [-0.39, 0.29) is 23.2 Å². The Morgan fingerprint density at radius 1 is 1.15 bits per heavy atom. The van der Waals surface area contributed by atoms with Gasteiger partial charge in [-0.2, -0.15) is 0 Å². The molecule has 1 fully saturated rings. The highest BCUT2D eigenvalue weighted by molar-refractivity contribution is 8.03. The summed E-state index contributed by atoms with van der Waals surface area (Å²) in [5, 5.41) is 1.63. The highest BCUT2D eigenvalue weighted by Gasteiger charge is 2.47. The van der Waals surface area contributed by atoms with Gasteiger partial charge in [0.05, 0.1) is 11.7 Å². The maximum absolute atomic E-state index is 13.3. The number of carbonyl (C=O) groups excluding carboxylic acids is 2. The average Bonchev–Trinajstić information content (AvgIpc) is 3.16. The lowest BCUT2D eigenvalue weighted by molar-refractivity contribution is -0.119. The topological polar surface area (TPSA) is 40.6 Å². The third-order valence-corrected chi connectivity index (χ3v) is 5.99. The largest absolute Gasteiger partial charge is 0.332 e. The van der Waals surface area contributed by atoms with Crippen LogP contribution in [0, 0.1) is 6.92 Å². The van der Waals surface area contributed by atoms with Crippen molar-refractivity contribution in [3.63, 3.8) is 0 Å². The maximum atomic E-state index is 13.3. The predicted molar refractivity (Wildman–Crippen MR) is 110 cm³/mol. The number of amides is 3. The molecule has 2 atom stereocenters. The number of carbonyl (C=O) groups is 2. The molecule has 2 unspecified atom stereocenters. The lowest BCUT2D eigenvalue weighted by Gasteiger charge is -2.41. The molecule has 0 saturated carbocycles. The minimum atomic E-state index is -0.296. The summed E-state index contributed by atoms with van der Waals surface area (Å²) in [6, 6.07) is 15.0. The molecular formula is C22H20N2O2S. The second-order valence-electron chi connectivity index (χ2n) is 6.74. The van der Waals surface area contributed by atoms with E-state index < -0.39 is 0 Å². The SMILES string of the molecule is C=Cc1ccc(CN2C(=O)N(c3cccc(C)c3)C(=O)C3SC=CC32)cc1. The Morgan fingerprint density at radius 3 is 2.63 bits per heavy atom. The molecule has 0 radical (unpaired) electrons. The van der Waals surface area contributed by atoms with Crippen LogP contribution in [0.1, 0.15) is 16.7 Å². The molecule has 0 N–H and O–H groups in total. The van der Waals surface area contributed by atoms with Gasteiger partial charge < -0.3 is 4.90 Å². The van der Waals surface area contributed by atoms with Crippen molar-refractivity contribution in [3.05, 3.63) is 83.3 Å². The maximum Gasteiger partial charge on any atom is 0.332 e. The van der Waals surface area contributed by atoms with Gasteiger partial charge in [-0.05, 0) is 41.2 Å². The molecule has 2 aliphatic rings. The quantitative estimate of drug-likeness (QED) is 0.783. The van der Waals surface area contributed by atoms with E-state index >= 15 is 0 Å². The summed E-state index contributed by atoms with van der Waals surface area (Å²) in [7, 11) is 0. The van der Waals surface area contributed by atoms with E-state index in [4.69, 9.17) is 0 Å². The molecule has 4 nitrogen and oxygen atoms in total. The molecule has 136 valence electrons. The van der Waals surface area contributed by atoms with Gasteiger partial charge in [0.2, 0.25) is 0 Å². The van der Waals surface area contributed by atoms with Crippen molar-refractivity contribution in [2.75, 3.05) is 4.90 Å². The van der Waals surface area contributed by atoms with Crippen LogP contribution in [0.15, 0.2) is 66.6 Å². The average molecular weight is 376 g/mol. The van der Waals surface area contributed by atoms with Crippen molar-refractivity contribution >= 4 is 35.5 Å². The Hall–Kier alpha value is -2.79. The fourth-order valence-electron chi connectivity index (χ4n) is 3.47. The van der Waals surface area contributed by atoms with Crippen LogP contribution in [0.4, 0.5) is 10.5 Å². The zero-order valence-corrected chi connectivity index (χ0v) is 15.9. The number of benzene rings is 2. The summed E-state index contributed by atoms with van der Waals surface area (Å²) in [6.45, 7) is 6.18. The molecule has 0 aliphatic carbocycles. The van der Waals surface area contributed by atoms with Crippen molar-refractivity contribution in [2.24, 2.45) is 0 Å². The van der Waals surface area contributed by atoms with Crippen LogP contribution in [0.5, 0.6) is 0 Å². The Morgan fingerprint density at radius 2 is 1.93 bits per heavy atom. The number of anilines is 1. The van der Waals surface area contributed by atoms with E-state index in [1.807, 2.05) is 66.9 Å². The van der Waals surface area contributed by atoms with Gasteiger partial charge in [-0.25, -0.2) is 9.69 Å². The van der Waals surface area contributed by atoms with Gasteiger partial charge in [-0.3, -0.25) is 4.79 Å². The van der Waals surface area contributed by atoms with Gasteiger partial charge >= 0.3 is 6.03 Å². The first-order chi connectivity index (χ1) is 13.1. The second kappa shape index (κ2) is 7.08. The van der Waals surface area contributed by atoms with Gasteiger partial charge in [0.1, 0.15) is 5.25 Å². The Balaban J connectivity index is 1.68. The summed E-state index contributed by atoms with van der Waals surface area (Å²) >= 11 is 1.48. The van der Waals surface area contributed by atoms with Crippen LogP contribution in [0.2, 0.25) is 0 Å². The monoisotopic (exact) mass is 376 g/mol. The minimum absolute atomic E-state index is 0.149. The highest BCUT2D eigenvalue weighted by Crippen LogP contribution is 2.37. The van der Waals surface area contributed by atoms with Gasteiger partial charge in [-0.15, -0.1) is 11.8 Å². The first kappa shape index (κ1) is 17.6. The van der Waals surface area contributed by atoms with E-state index in [1.54, 1.807) is 11.0 Å². The predicted octanol–water partition coefficient (Wildman–Crippen LogP) is 4.60. The van der Waals surface area contributed by atoms with Crippen molar-refractivity contribution in [1.29, 1.82) is 0 Å². The molecule has 0 spiro atoms. The number of rotatable bonds is 4. The van der Waals surface area contributed by atoms with E-state index in [0.717, 1.165) is 16.7 Å². The number of thioether (sulfide) groups is 1. The van der Waals surface area contributed by atoms with E-state index in [2.05, 4.69) is 6.58 Å². The Labute approximate surface area is 163 Å².